The predicted octanol–water partition coefficient (Wildman–Crippen LogP) is 7.26. The van der Waals surface area contributed by atoms with E-state index in [1.54, 1.807) is 0 Å². The number of hydrogen-bond donors (Lipinski definition) is 2. The van der Waals surface area contributed by atoms with Gasteiger partial charge in [-0.15, -0.1) is 0 Å². The lowest BCUT2D eigenvalue weighted by Gasteiger charge is -2.30. The van der Waals surface area contributed by atoms with Crippen molar-refractivity contribution in [1.82, 2.24) is 19.6 Å². The fraction of sp³-hybridized carbons (Fsp3) is 0.857. The van der Waals surface area contributed by atoms with Crippen LogP contribution in [-0.2, 0) is 0 Å². The third-order valence-corrected chi connectivity index (χ3v) is 10.9. The first-order chi connectivity index (χ1) is 17.7. The van der Waals surface area contributed by atoms with Gasteiger partial charge < -0.3 is 19.6 Å². The highest BCUT2D eigenvalue weighted by atomic mass is 32.1. The van der Waals surface area contributed by atoms with E-state index in [9.17, 15) is 0 Å². The van der Waals surface area contributed by atoms with Crippen molar-refractivity contribution in [2.75, 3.05) is 39.3 Å². The topological polar surface area (TPSA) is 13.0 Å². The van der Waals surface area contributed by atoms with E-state index in [2.05, 4.69) is 61.1 Å². The minimum absolute atomic E-state index is 0.240. The van der Waals surface area contributed by atoms with Crippen LogP contribution in [0.15, 0.2) is 0 Å². The Kier molecular flexibility index (Phi) is 14.0. The first-order valence-corrected chi connectivity index (χ1v) is 16.9. The summed E-state index contributed by atoms with van der Waals surface area (Å²) in [5, 5.41) is 2.63. The van der Waals surface area contributed by atoms with Crippen LogP contribution in [0, 0.1) is 10.8 Å². The minimum atomic E-state index is 0.240. The summed E-state index contributed by atoms with van der Waals surface area (Å²) < 4.78 is 0. The lowest BCUT2D eigenvalue weighted by molar-refractivity contribution is 0.276. The SMILES string of the molecule is CCN1CC(=S)N(CCC(C)(C)CCC(S)CCC(S)CCC(C)(C)CCN2C(=S)CN(CC)C2=S)C1=S. The summed E-state index contributed by atoms with van der Waals surface area (Å²) in [6, 6.07) is 0. The van der Waals surface area contributed by atoms with E-state index in [0.29, 0.717) is 10.5 Å². The molecule has 2 heterocycles. The normalized spacial score (nSPS) is 18.8. The van der Waals surface area contributed by atoms with Crippen molar-refractivity contribution in [1.29, 1.82) is 0 Å². The molecule has 2 rings (SSSR count). The number of thiol groups is 2. The van der Waals surface area contributed by atoms with Crippen molar-refractivity contribution in [2.45, 2.75) is 103 Å². The van der Waals surface area contributed by atoms with E-state index in [0.717, 1.165) is 111 Å². The molecular formula is C28H50N4S6. The van der Waals surface area contributed by atoms with Crippen molar-refractivity contribution in [3.8, 4) is 0 Å². The molecule has 218 valence electrons. The van der Waals surface area contributed by atoms with Gasteiger partial charge in [0, 0.05) is 36.7 Å². The van der Waals surface area contributed by atoms with Gasteiger partial charge in [0.25, 0.3) is 0 Å². The number of hydrogen-bond acceptors (Lipinski definition) is 6. The van der Waals surface area contributed by atoms with Crippen molar-refractivity contribution < 1.29 is 0 Å². The zero-order valence-corrected chi connectivity index (χ0v) is 29.4. The number of thiocarbonyl (C=S) groups is 4. The summed E-state index contributed by atoms with van der Waals surface area (Å²) in [4.78, 5) is 10.6. The van der Waals surface area contributed by atoms with Crippen LogP contribution < -0.4 is 0 Å². The van der Waals surface area contributed by atoms with Gasteiger partial charge in [-0.3, -0.25) is 0 Å². The Hall–Kier alpha value is 0.260. The number of rotatable bonds is 17. The van der Waals surface area contributed by atoms with Gasteiger partial charge in [-0.1, -0.05) is 52.1 Å². The van der Waals surface area contributed by atoms with E-state index in [-0.39, 0.29) is 10.8 Å². The van der Waals surface area contributed by atoms with Gasteiger partial charge in [-0.2, -0.15) is 25.3 Å². The van der Waals surface area contributed by atoms with Crippen molar-refractivity contribution in [3.05, 3.63) is 0 Å². The molecule has 2 saturated heterocycles. The summed E-state index contributed by atoms with van der Waals surface area (Å²) >= 11 is 32.3. The fourth-order valence-electron chi connectivity index (χ4n) is 4.99. The number of nitrogens with zero attached hydrogens (tertiary/aromatic N) is 4. The van der Waals surface area contributed by atoms with Crippen LogP contribution in [0.5, 0.6) is 0 Å². The average molecular weight is 635 g/mol. The molecule has 0 N–H and O–H groups in total. The summed E-state index contributed by atoms with van der Waals surface area (Å²) in [6.45, 7) is 19.0. The van der Waals surface area contributed by atoms with Gasteiger partial charge in [0.1, 0.15) is 9.98 Å². The average Bonchev–Trinajstić information content (AvgIpc) is 3.30. The highest BCUT2D eigenvalue weighted by molar-refractivity contribution is 7.82. The lowest BCUT2D eigenvalue weighted by Crippen LogP contribution is -2.35. The molecule has 4 nitrogen and oxygen atoms in total. The van der Waals surface area contributed by atoms with Gasteiger partial charge in [0.05, 0.1) is 13.1 Å². The zero-order valence-electron chi connectivity index (χ0n) is 24.4. The number of likely N-dealkylation sites (N-methyl/N-ethyl adjacent to an activating group) is 2. The van der Waals surface area contributed by atoms with Gasteiger partial charge in [-0.05, 0) is 100 Å². The molecule has 0 aliphatic carbocycles. The molecule has 0 aromatic heterocycles. The molecule has 0 radical (unpaired) electrons. The Morgan fingerprint density at radius 3 is 1.26 bits per heavy atom. The van der Waals surface area contributed by atoms with Crippen LogP contribution in [0.25, 0.3) is 0 Å². The zero-order chi connectivity index (χ0) is 28.7. The van der Waals surface area contributed by atoms with E-state index in [1.807, 2.05) is 0 Å². The lowest BCUT2D eigenvalue weighted by atomic mass is 9.82. The molecule has 2 unspecified atom stereocenters. The molecule has 0 spiro atoms. The Balaban J connectivity index is 1.65. The molecule has 0 amide bonds. The van der Waals surface area contributed by atoms with Crippen molar-refractivity contribution >= 4 is 94.3 Å². The summed E-state index contributed by atoms with van der Waals surface area (Å²) in [6.07, 6.45) is 8.96. The van der Waals surface area contributed by atoms with Crippen LogP contribution >= 0.6 is 74.1 Å². The first-order valence-electron chi connectivity index (χ1n) is 14.2. The van der Waals surface area contributed by atoms with E-state index < -0.39 is 0 Å². The molecule has 2 aliphatic rings. The summed E-state index contributed by atoms with van der Waals surface area (Å²) in [7, 11) is 0. The highest BCUT2D eigenvalue weighted by Gasteiger charge is 2.31. The van der Waals surface area contributed by atoms with Gasteiger partial charge in [0.15, 0.2) is 10.2 Å². The Bertz CT molecular complexity index is 777. The molecule has 38 heavy (non-hydrogen) atoms. The van der Waals surface area contributed by atoms with Gasteiger partial charge >= 0.3 is 0 Å². The minimum Gasteiger partial charge on any atom is -0.342 e. The van der Waals surface area contributed by atoms with Crippen molar-refractivity contribution in [3.63, 3.8) is 0 Å². The molecule has 10 heteroatoms. The van der Waals surface area contributed by atoms with Crippen LogP contribution in [0.3, 0.4) is 0 Å². The second-order valence-electron chi connectivity index (χ2n) is 12.5. The van der Waals surface area contributed by atoms with Gasteiger partial charge in [0.2, 0.25) is 0 Å². The molecule has 2 aliphatic heterocycles. The Labute approximate surface area is 265 Å². The quantitative estimate of drug-likeness (QED) is 0.127. The molecule has 2 fully saturated rings. The standard InChI is InChI=1S/C28H50N4S6/c1-7-29-19-23(35)31(25(29)37)17-15-27(3,4)13-11-21(33)9-10-22(34)12-14-28(5,6)16-18-32-24(36)20-30(8-2)26(32)38/h21-22,33-34H,7-20H2,1-6H3. The predicted molar refractivity (Wildman–Crippen MR) is 188 cm³/mol. The maximum Gasteiger partial charge on any atom is 0.176 e. The second-order valence-corrected chi connectivity index (χ2v) is 15.6. The van der Waals surface area contributed by atoms with E-state index in [1.165, 1.54) is 0 Å². The smallest absolute Gasteiger partial charge is 0.176 e. The van der Waals surface area contributed by atoms with Crippen LogP contribution in [0.4, 0.5) is 0 Å². The van der Waals surface area contributed by atoms with Crippen LogP contribution in [-0.4, -0.2) is 89.6 Å². The third-order valence-electron chi connectivity index (χ3n) is 8.19. The van der Waals surface area contributed by atoms with Gasteiger partial charge in [-0.25, -0.2) is 0 Å². The monoisotopic (exact) mass is 634 g/mol. The molecule has 0 aromatic carbocycles. The molecular weight excluding hydrogens is 585 g/mol. The van der Waals surface area contributed by atoms with Crippen LogP contribution in [0.2, 0.25) is 0 Å². The second kappa shape index (κ2) is 15.5. The van der Waals surface area contributed by atoms with Crippen molar-refractivity contribution in [2.24, 2.45) is 10.8 Å². The maximum absolute atomic E-state index is 5.62. The largest absolute Gasteiger partial charge is 0.342 e. The molecule has 0 saturated carbocycles. The van der Waals surface area contributed by atoms with Crippen LogP contribution in [0.1, 0.15) is 92.9 Å². The summed E-state index contributed by atoms with van der Waals surface area (Å²) in [5.41, 5.74) is 0.481. The van der Waals surface area contributed by atoms with E-state index in [4.69, 9.17) is 74.1 Å². The Morgan fingerprint density at radius 2 is 0.974 bits per heavy atom. The first kappa shape index (κ1) is 34.5. The maximum atomic E-state index is 5.62. The Morgan fingerprint density at radius 1 is 0.632 bits per heavy atom. The third kappa shape index (κ3) is 10.6. The fourth-order valence-corrected chi connectivity index (χ4v) is 7.12. The summed E-state index contributed by atoms with van der Waals surface area (Å²) in [5.74, 6) is 0. The van der Waals surface area contributed by atoms with E-state index >= 15 is 0 Å². The molecule has 0 bridgehead atoms. The molecule has 2 atom stereocenters. The molecule has 0 aromatic rings. The highest BCUT2D eigenvalue weighted by Crippen LogP contribution is 2.33.